The molecular weight excluding hydrogens is 258 g/mol. The molecule has 0 bridgehead atoms. The van der Waals surface area contributed by atoms with Crippen LogP contribution < -0.4 is 5.32 Å². The average molecular weight is 273 g/mol. The molecule has 2 nitrogen and oxygen atoms in total. The van der Waals surface area contributed by atoms with E-state index in [9.17, 15) is 4.79 Å². The van der Waals surface area contributed by atoms with E-state index in [4.69, 9.17) is 0 Å². The Hall–Kier alpha value is -0.130. The summed E-state index contributed by atoms with van der Waals surface area (Å²) in [5, 5.41) is 5.70. The van der Waals surface area contributed by atoms with E-state index >= 15 is 0 Å². The van der Waals surface area contributed by atoms with E-state index in [2.05, 4.69) is 24.2 Å². The first-order chi connectivity index (χ1) is 7.69. The average Bonchev–Trinajstić information content (AvgIpc) is 2.87. The number of hydrogen-bond donors (Lipinski definition) is 2. The smallest absolute Gasteiger partial charge is 0.261 e. The summed E-state index contributed by atoms with van der Waals surface area (Å²) < 4.78 is 0. The monoisotopic (exact) mass is 273 g/mol. The summed E-state index contributed by atoms with van der Waals surface area (Å²) in [6.45, 7) is 0. The highest BCUT2D eigenvalue weighted by Crippen LogP contribution is 2.28. The topological polar surface area (TPSA) is 29.1 Å². The van der Waals surface area contributed by atoms with Crippen LogP contribution in [0.25, 0.3) is 0 Å². The molecule has 1 fully saturated rings. The van der Waals surface area contributed by atoms with Gasteiger partial charge in [-0.2, -0.15) is 11.8 Å². The van der Waals surface area contributed by atoms with Crippen molar-refractivity contribution in [1.82, 2.24) is 5.32 Å². The molecule has 0 aliphatic heterocycles. The Morgan fingerprint density at radius 1 is 1.62 bits per heavy atom. The van der Waals surface area contributed by atoms with Gasteiger partial charge < -0.3 is 5.32 Å². The van der Waals surface area contributed by atoms with E-state index in [-0.39, 0.29) is 5.91 Å². The number of carbonyl (C=O) groups is 1. The van der Waals surface area contributed by atoms with E-state index in [0.29, 0.717) is 11.3 Å². The first kappa shape index (κ1) is 12.3. The fraction of sp³-hybridized carbons (Fsp3) is 0.545. The lowest BCUT2D eigenvalue weighted by molar-refractivity contribution is 0.0942. The van der Waals surface area contributed by atoms with Crippen molar-refractivity contribution < 1.29 is 4.79 Å². The van der Waals surface area contributed by atoms with E-state index in [1.807, 2.05) is 23.2 Å². The summed E-state index contributed by atoms with van der Waals surface area (Å²) in [5.74, 6) is 0.0528. The molecule has 1 aromatic heterocycles. The number of nitrogens with one attached hydrogen (secondary N) is 1. The molecule has 1 aliphatic carbocycles. The van der Waals surface area contributed by atoms with Gasteiger partial charge in [0.15, 0.2) is 0 Å². The number of carbonyl (C=O) groups excluding carboxylic acids is 1. The lowest BCUT2D eigenvalue weighted by Gasteiger charge is -2.11. The predicted octanol–water partition coefficient (Wildman–Crippen LogP) is 3.05. The maximum absolute atomic E-state index is 11.9. The lowest BCUT2D eigenvalue weighted by atomic mass is 10.2. The molecule has 1 saturated carbocycles. The normalized spacial score (nSPS) is 24.6. The SMILES string of the molecule is CSC1CCC(NC(=O)c2cc(S)cs2)C1. The molecule has 0 radical (unpaired) electrons. The summed E-state index contributed by atoms with van der Waals surface area (Å²) in [7, 11) is 0. The van der Waals surface area contributed by atoms with E-state index in [0.717, 1.165) is 22.6 Å². The third-order valence-electron chi connectivity index (χ3n) is 2.86. The van der Waals surface area contributed by atoms with Crippen molar-refractivity contribution in [3.8, 4) is 0 Å². The van der Waals surface area contributed by atoms with Crippen LogP contribution in [0.1, 0.15) is 28.9 Å². The molecule has 0 spiro atoms. The van der Waals surface area contributed by atoms with Gasteiger partial charge in [-0.15, -0.1) is 24.0 Å². The third kappa shape index (κ3) is 2.96. The minimum absolute atomic E-state index is 0.0528. The molecule has 1 heterocycles. The Bertz CT molecular complexity index is 377. The van der Waals surface area contributed by atoms with Gasteiger partial charge in [0, 0.05) is 21.6 Å². The second kappa shape index (κ2) is 5.47. The fourth-order valence-corrected chi connectivity index (χ4v) is 3.83. The summed E-state index contributed by atoms with van der Waals surface area (Å²) in [4.78, 5) is 13.5. The van der Waals surface area contributed by atoms with Crippen molar-refractivity contribution in [3.05, 3.63) is 16.3 Å². The van der Waals surface area contributed by atoms with Crippen molar-refractivity contribution in [2.45, 2.75) is 35.4 Å². The number of thiol groups is 1. The van der Waals surface area contributed by atoms with Crippen LogP contribution in [-0.4, -0.2) is 23.5 Å². The number of thiophene rings is 1. The van der Waals surface area contributed by atoms with Crippen LogP contribution in [0, 0.1) is 0 Å². The Morgan fingerprint density at radius 3 is 3.00 bits per heavy atom. The zero-order valence-electron chi connectivity index (χ0n) is 9.10. The molecule has 1 aromatic rings. The quantitative estimate of drug-likeness (QED) is 0.829. The van der Waals surface area contributed by atoms with Gasteiger partial charge >= 0.3 is 0 Å². The zero-order valence-corrected chi connectivity index (χ0v) is 11.6. The molecule has 0 saturated heterocycles. The predicted molar refractivity (Wildman–Crippen MR) is 74.0 cm³/mol. The summed E-state index contributed by atoms with van der Waals surface area (Å²) >= 11 is 7.56. The first-order valence-electron chi connectivity index (χ1n) is 5.30. The standard InChI is InChI=1S/C11H15NOS3/c1-15-9-3-2-7(4-9)12-11(13)10-5-8(14)6-16-10/h5-7,9,14H,2-4H2,1H3,(H,12,13). The molecule has 2 unspecified atom stereocenters. The van der Waals surface area contributed by atoms with E-state index < -0.39 is 0 Å². The van der Waals surface area contributed by atoms with Crippen molar-refractivity contribution in [2.24, 2.45) is 0 Å². The highest BCUT2D eigenvalue weighted by Gasteiger charge is 2.25. The Labute approximate surface area is 110 Å². The van der Waals surface area contributed by atoms with Crippen molar-refractivity contribution in [2.75, 3.05) is 6.26 Å². The molecule has 1 aliphatic rings. The Balaban J connectivity index is 1.89. The minimum atomic E-state index is 0.0528. The Kier molecular flexibility index (Phi) is 4.21. The van der Waals surface area contributed by atoms with Gasteiger partial charge in [0.25, 0.3) is 5.91 Å². The van der Waals surface area contributed by atoms with Gasteiger partial charge in [-0.05, 0) is 31.6 Å². The largest absolute Gasteiger partial charge is 0.349 e. The maximum Gasteiger partial charge on any atom is 0.261 e. The van der Waals surface area contributed by atoms with Gasteiger partial charge in [-0.3, -0.25) is 4.79 Å². The molecular formula is C11H15NOS3. The molecule has 5 heteroatoms. The van der Waals surface area contributed by atoms with Gasteiger partial charge in [0.1, 0.15) is 0 Å². The highest BCUT2D eigenvalue weighted by atomic mass is 32.2. The van der Waals surface area contributed by atoms with Gasteiger partial charge in [0.2, 0.25) is 0 Å². The molecule has 16 heavy (non-hydrogen) atoms. The first-order valence-corrected chi connectivity index (χ1v) is 7.91. The summed E-state index contributed by atoms with van der Waals surface area (Å²) in [6, 6.07) is 2.18. The third-order valence-corrected chi connectivity index (χ3v) is 5.32. The maximum atomic E-state index is 11.9. The summed E-state index contributed by atoms with van der Waals surface area (Å²) in [6.07, 6.45) is 5.57. The highest BCUT2D eigenvalue weighted by molar-refractivity contribution is 7.99. The van der Waals surface area contributed by atoms with Crippen molar-refractivity contribution in [1.29, 1.82) is 0 Å². The Morgan fingerprint density at radius 2 is 2.44 bits per heavy atom. The van der Waals surface area contributed by atoms with Crippen LogP contribution in [0.15, 0.2) is 16.3 Å². The van der Waals surface area contributed by atoms with Crippen molar-refractivity contribution in [3.63, 3.8) is 0 Å². The van der Waals surface area contributed by atoms with Crippen LogP contribution in [0.2, 0.25) is 0 Å². The second-order valence-corrected chi connectivity index (χ2v) is 6.58. The number of thioether (sulfide) groups is 1. The molecule has 1 amide bonds. The summed E-state index contributed by atoms with van der Waals surface area (Å²) in [5.41, 5.74) is 0. The fourth-order valence-electron chi connectivity index (χ4n) is 1.99. The van der Waals surface area contributed by atoms with Crippen LogP contribution in [0.5, 0.6) is 0 Å². The number of amides is 1. The molecule has 88 valence electrons. The second-order valence-electron chi connectivity index (χ2n) is 4.01. The van der Waals surface area contributed by atoms with Crippen molar-refractivity contribution >= 4 is 41.6 Å². The minimum Gasteiger partial charge on any atom is -0.349 e. The van der Waals surface area contributed by atoms with Crippen LogP contribution >= 0.6 is 35.7 Å². The molecule has 2 rings (SSSR count). The van der Waals surface area contributed by atoms with Gasteiger partial charge in [-0.25, -0.2) is 0 Å². The van der Waals surface area contributed by atoms with Gasteiger partial charge in [-0.1, -0.05) is 0 Å². The van der Waals surface area contributed by atoms with Crippen LogP contribution in [-0.2, 0) is 0 Å². The lowest BCUT2D eigenvalue weighted by Crippen LogP contribution is -2.32. The molecule has 2 atom stereocenters. The van der Waals surface area contributed by atoms with Crippen LogP contribution in [0.3, 0.4) is 0 Å². The molecule has 0 aromatic carbocycles. The number of rotatable bonds is 3. The van der Waals surface area contributed by atoms with E-state index in [1.54, 1.807) is 0 Å². The van der Waals surface area contributed by atoms with Crippen LogP contribution in [0.4, 0.5) is 0 Å². The van der Waals surface area contributed by atoms with E-state index in [1.165, 1.54) is 17.8 Å². The number of hydrogen-bond acceptors (Lipinski definition) is 4. The van der Waals surface area contributed by atoms with Gasteiger partial charge in [0.05, 0.1) is 4.88 Å². The zero-order chi connectivity index (χ0) is 11.5. The molecule has 1 N–H and O–H groups in total.